The van der Waals surface area contributed by atoms with Gasteiger partial charge in [0.05, 0.1) is 0 Å². The molecule has 1 rings (SSSR count). The molecule has 1 nitrogen and oxygen atoms in total. The maximum absolute atomic E-state index is 10.6. The third kappa shape index (κ3) is 1.16. The van der Waals surface area contributed by atoms with E-state index in [2.05, 4.69) is 0 Å². The third-order valence-electron chi connectivity index (χ3n) is 1.06. The molecule has 0 aromatic rings. The Kier molecular flexibility index (Phi) is 1.70. The van der Waals surface area contributed by atoms with Crippen molar-refractivity contribution in [3.05, 3.63) is 0 Å². The van der Waals surface area contributed by atoms with Gasteiger partial charge in [0.25, 0.3) is 0 Å². The van der Waals surface area contributed by atoms with Crippen LogP contribution in [0.1, 0.15) is 12.8 Å². The fraction of sp³-hybridized carbons (Fsp3) is 1.00. The van der Waals surface area contributed by atoms with Crippen molar-refractivity contribution in [1.82, 2.24) is 0 Å². The zero-order valence-electron chi connectivity index (χ0n) is 3.89. The molecule has 2 unspecified atom stereocenters. The molecule has 0 spiro atoms. The molecule has 1 heterocycles. The van der Waals surface area contributed by atoms with Crippen LogP contribution in [0, 0.1) is 0 Å². The van der Waals surface area contributed by atoms with Crippen LogP contribution >= 0.6 is 11.6 Å². The van der Waals surface area contributed by atoms with Crippen molar-refractivity contribution in [2.45, 2.75) is 17.6 Å². The SMILES string of the molecule is O=S1CCCC1Cl. The Bertz CT molecular complexity index is 93.7. The second-order valence-electron chi connectivity index (χ2n) is 1.64. The quantitative estimate of drug-likeness (QED) is 0.458. The highest BCUT2D eigenvalue weighted by Gasteiger charge is 2.19. The van der Waals surface area contributed by atoms with Crippen LogP contribution in [-0.4, -0.2) is 14.7 Å². The first-order valence-electron chi connectivity index (χ1n) is 2.32. The molecule has 1 saturated heterocycles. The van der Waals surface area contributed by atoms with Gasteiger partial charge in [-0.3, -0.25) is 4.21 Å². The van der Waals surface area contributed by atoms with Gasteiger partial charge in [-0.1, -0.05) is 0 Å². The molecule has 2 atom stereocenters. The summed E-state index contributed by atoms with van der Waals surface area (Å²) in [6.07, 6.45) is 1.98. The Morgan fingerprint density at radius 2 is 2.43 bits per heavy atom. The molecule has 0 amide bonds. The van der Waals surface area contributed by atoms with Gasteiger partial charge in [0, 0.05) is 16.6 Å². The molecular formula is C4H7ClOS. The van der Waals surface area contributed by atoms with Crippen LogP contribution in [0.2, 0.25) is 0 Å². The maximum Gasteiger partial charge on any atom is 0.109 e. The van der Waals surface area contributed by atoms with E-state index in [4.69, 9.17) is 11.6 Å². The summed E-state index contributed by atoms with van der Waals surface area (Å²) in [5.74, 6) is 0.814. The fourth-order valence-electron chi connectivity index (χ4n) is 0.645. The number of hydrogen-bond acceptors (Lipinski definition) is 1. The van der Waals surface area contributed by atoms with E-state index >= 15 is 0 Å². The van der Waals surface area contributed by atoms with Crippen LogP contribution in [-0.2, 0) is 10.8 Å². The molecule has 3 heteroatoms. The molecule has 0 aliphatic carbocycles. The molecule has 0 N–H and O–H groups in total. The summed E-state index contributed by atoms with van der Waals surface area (Å²) in [6.45, 7) is 0. The smallest absolute Gasteiger partial charge is 0.109 e. The largest absolute Gasteiger partial charge is 0.258 e. The Morgan fingerprint density at radius 3 is 2.57 bits per heavy atom. The van der Waals surface area contributed by atoms with E-state index in [-0.39, 0.29) is 4.71 Å². The molecule has 1 fully saturated rings. The van der Waals surface area contributed by atoms with E-state index in [1.165, 1.54) is 0 Å². The maximum atomic E-state index is 10.6. The van der Waals surface area contributed by atoms with Crippen molar-refractivity contribution in [3.63, 3.8) is 0 Å². The average Bonchev–Trinajstić information content (AvgIpc) is 1.91. The zero-order valence-corrected chi connectivity index (χ0v) is 5.47. The summed E-state index contributed by atoms with van der Waals surface area (Å²) in [5, 5.41) is 0. The Labute approximate surface area is 50.5 Å². The molecule has 42 valence electrons. The van der Waals surface area contributed by atoms with Crippen LogP contribution < -0.4 is 0 Å². The summed E-state index contributed by atoms with van der Waals surface area (Å²) >= 11 is 5.56. The van der Waals surface area contributed by atoms with Crippen LogP contribution in [0.15, 0.2) is 0 Å². The molecular weight excluding hydrogens is 132 g/mol. The van der Waals surface area contributed by atoms with Crippen LogP contribution in [0.3, 0.4) is 0 Å². The fourth-order valence-corrected chi connectivity index (χ4v) is 2.20. The first-order chi connectivity index (χ1) is 3.30. The number of hydrogen-bond donors (Lipinski definition) is 0. The Hall–Kier alpha value is 0.440. The standard InChI is InChI=1S/C4H7ClOS/c5-4-2-1-3-7(4)6/h4H,1-3H2. The molecule has 7 heavy (non-hydrogen) atoms. The molecule has 1 aliphatic heterocycles. The summed E-state index contributed by atoms with van der Waals surface area (Å²) < 4.78 is 10.5. The van der Waals surface area contributed by atoms with Crippen LogP contribution in [0.25, 0.3) is 0 Å². The van der Waals surface area contributed by atoms with Crippen molar-refractivity contribution in [2.24, 2.45) is 0 Å². The van der Waals surface area contributed by atoms with Gasteiger partial charge in [0.1, 0.15) is 4.71 Å². The summed E-state index contributed by atoms with van der Waals surface area (Å²) in [4.78, 5) is 0. The van der Waals surface area contributed by atoms with Gasteiger partial charge in [-0.25, -0.2) is 0 Å². The minimum Gasteiger partial charge on any atom is -0.258 e. The highest BCUT2D eigenvalue weighted by atomic mass is 35.5. The lowest BCUT2D eigenvalue weighted by molar-refractivity contribution is 0.685. The Balaban J connectivity index is 2.48. The second kappa shape index (κ2) is 2.14. The van der Waals surface area contributed by atoms with Crippen molar-refractivity contribution < 1.29 is 4.21 Å². The Morgan fingerprint density at radius 1 is 1.71 bits per heavy atom. The molecule has 0 bridgehead atoms. The van der Waals surface area contributed by atoms with Gasteiger partial charge in [-0.2, -0.15) is 0 Å². The van der Waals surface area contributed by atoms with Crippen LogP contribution in [0.5, 0.6) is 0 Å². The monoisotopic (exact) mass is 138 g/mol. The van der Waals surface area contributed by atoms with E-state index in [0.717, 1.165) is 18.6 Å². The van der Waals surface area contributed by atoms with E-state index in [1.807, 2.05) is 0 Å². The first-order valence-corrected chi connectivity index (χ1v) is 4.14. The second-order valence-corrected chi connectivity index (χ2v) is 4.16. The predicted molar refractivity (Wildman–Crippen MR) is 31.9 cm³/mol. The molecule has 0 saturated carbocycles. The lowest BCUT2D eigenvalue weighted by Crippen LogP contribution is -1.97. The topological polar surface area (TPSA) is 17.1 Å². The molecule has 0 radical (unpaired) electrons. The summed E-state index contributed by atoms with van der Waals surface area (Å²) in [5.41, 5.74) is 0. The number of halogens is 1. The molecule has 0 aromatic heterocycles. The number of rotatable bonds is 0. The van der Waals surface area contributed by atoms with E-state index < -0.39 is 10.8 Å². The van der Waals surface area contributed by atoms with Gasteiger partial charge in [-0.15, -0.1) is 11.6 Å². The lowest BCUT2D eigenvalue weighted by atomic mass is 10.4. The van der Waals surface area contributed by atoms with Crippen molar-refractivity contribution >= 4 is 22.4 Å². The van der Waals surface area contributed by atoms with Crippen molar-refractivity contribution in [2.75, 3.05) is 5.75 Å². The van der Waals surface area contributed by atoms with E-state index in [1.54, 1.807) is 0 Å². The van der Waals surface area contributed by atoms with Gasteiger partial charge >= 0.3 is 0 Å². The minimum absolute atomic E-state index is 0.0417. The number of alkyl halides is 1. The predicted octanol–water partition coefficient (Wildman–Crippen LogP) is 1.09. The van der Waals surface area contributed by atoms with Crippen molar-refractivity contribution in [3.8, 4) is 0 Å². The normalized spacial score (nSPS) is 41.9. The van der Waals surface area contributed by atoms with Crippen LogP contribution in [0.4, 0.5) is 0 Å². The highest BCUT2D eigenvalue weighted by molar-refractivity contribution is 7.87. The van der Waals surface area contributed by atoms with Gasteiger partial charge in [0.15, 0.2) is 0 Å². The molecule has 1 aliphatic rings. The highest BCUT2D eigenvalue weighted by Crippen LogP contribution is 2.18. The van der Waals surface area contributed by atoms with Gasteiger partial charge < -0.3 is 0 Å². The first kappa shape index (κ1) is 5.57. The summed E-state index contributed by atoms with van der Waals surface area (Å²) in [7, 11) is -0.702. The minimum atomic E-state index is -0.702. The van der Waals surface area contributed by atoms with Gasteiger partial charge in [-0.05, 0) is 12.8 Å². The zero-order chi connectivity index (χ0) is 5.28. The lowest BCUT2D eigenvalue weighted by Gasteiger charge is -1.89. The van der Waals surface area contributed by atoms with Gasteiger partial charge in [0.2, 0.25) is 0 Å². The van der Waals surface area contributed by atoms with Crippen molar-refractivity contribution in [1.29, 1.82) is 0 Å². The average molecular weight is 139 g/mol. The molecule has 0 aromatic carbocycles. The van der Waals surface area contributed by atoms with E-state index in [9.17, 15) is 4.21 Å². The third-order valence-corrected chi connectivity index (χ3v) is 3.37. The van der Waals surface area contributed by atoms with E-state index in [0.29, 0.717) is 0 Å². The summed E-state index contributed by atoms with van der Waals surface area (Å²) in [6, 6.07) is 0.